The first-order valence-corrected chi connectivity index (χ1v) is 7.95. The van der Waals surface area contributed by atoms with E-state index in [4.69, 9.17) is 5.11 Å². The maximum atomic E-state index is 12.2. The van der Waals surface area contributed by atoms with Crippen LogP contribution in [0, 0.1) is 5.92 Å². The molecule has 24 heavy (non-hydrogen) atoms. The molecule has 0 aliphatic heterocycles. The number of carboxylic acids is 1. The molecule has 1 atom stereocenters. The summed E-state index contributed by atoms with van der Waals surface area (Å²) in [7, 11) is 1.72. The molecular formula is C16H26N4O4. The predicted octanol–water partition coefficient (Wildman–Crippen LogP) is 0.889. The average Bonchev–Trinajstić information content (AvgIpc) is 2.85. The Morgan fingerprint density at radius 3 is 2.38 bits per heavy atom. The monoisotopic (exact) mass is 338 g/mol. The molecule has 134 valence electrons. The van der Waals surface area contributed by atoms with E-state index in [-0.39, 0.29) is 18.4 Å². The summed E-state index contributed by atoms with van der Waals surface area (Å²) in [5, 5.41) is 18.3. The van der Waals surface area contributed by atoms with E-state index in [0.717, 1.165) is 0 Å². The van der Waals surface area contributed by atoms with Gasteiger partial charge in [0.1, 0.15) is 6.04 Å². The lowest BCUT2D eigenvalue weighted by molar-refractivity contribution is -0.142. The summed E-state index contributed by atoms with van der Waals surface area (Å²) < 4.78 is 1.55. The van der Waals surface area contributed by atoms with E-state index in [9.17, 15) is 14.4 Å². The van der Waals surface area contributed by atoms with Crippen molar-refractivity contribution in [1.82, 2.24) is 20.4 Å². The first-order chi connectivity index (χ1) is 11.1. The molecule has 0 aromatic carbocycles. The molecule has 1 heterocycles. The summed E-state index contributed by atoms with van der Waals surface area (Å²) in [5.41, 5.74) is 1.07. The normalized spacial score (nSPS) is 12.3. The second-order valence-electron chi connectivity index (χ2n) is 6.53. The minimum atomic E-state index is -1.09. The van der Waals surface area contributed by atoms with Crippen molar-refractivity contribution in [3.63, 3.8) is 0 Å². The molecule has 8 nitrogen and oxygen atoms in total. The predicted molar refractivity (Wildman–Crippen MR) is 88.7 cm³/mol. The molecule has 0 bridgehead atoms. The Hall–Kier alpha value is -2.38. The number of aliphatic carboxylic acids is 1. The van der Waals surface area contributed by atoms with Crippen LogP contribution in [-0.2, 0) is 16.6 Å². The summed E-state index contributed by atoms with van der Waals surface area (Å²) in [4.78, 5) is 35.3. The maximum absolute atomic E-state index is 12.2. The van der Waals surface area contributed by atoms with Crippen LogP contribution in [0.15, 0.2) is 6.20 Å². The second kappa shape index (κ2) is 8.47. The Morgan fingerprint density at radius 1 is 1.25 bits per heavy atom. The molecule has 0 fully saturated rings. The average molecular weight is 338 g/mol. The molecule has 2 amide bonds. The lowest BCUT2D eigenvalue weighted by Gasteiger charge is -2.16. The van der Waals surface area contributed by atoms with Crippen molar-refractivity contribution < 1.29 is 19.5 Å². The number of carboxylic acid groups (broad SMARTS) is 1. The van der Waals surface area contributed by atoms with Gasteiger partial charge in [-0.25, -0.2) is 4.79 Å². The highest BCUT2D eigenvalue weighted by Gasteiger charge is 2.22. The van der Waals surface area contributed by atoms with Crippen LogP contribution in [0.3, 0.4) is 0 Å². The molecule has 1 rings (SSSR count). The van der Waals surface area contributed by atoms with Crippen LogP contribution in [0.1, 0.15) is 56.1 Å². The number of hydrogen-bond donors (Lipinski definition) is 3. The summed E-state index contributed by atoms with van der Waals surface area (Å²) in [6.45, 7) is 7.32. The molecule has 0 aliphatic carbocycles. The van der Waals surface area contributed by atoms with Gasteiger partial charge in [0.05, 0.1) is 17.8 Å². The van der Waals surface area contributed by atoms with Crippen LogP contribution < -0.4 is 10.6 Å². The minimum absolute atomic E-state index is 0.0724. The fourth-order valence-corrected chi connectivity index (χ4v) is 2.30. The minimum Gasteiger partial charge on any atom is -0.480 e. The molecule has 0 aliphatic rings. The fourth-order valence-electron chi connectivity index (χ4n) is 2.30. The smallest absolute Gasteiger partial charge is 0.326 e. The van der Waals surface area contributed by atoms with Crippen molar-refractivity contribution in [3.05, 3.63) is 17.5 Å². The van der Waals surface area contributed by atoms with E-state index in [1.165, 1.54) is 0 Å². The third-order valence-electron chi connectivity index (χ3n) is 3.40. The van der Waals surface area contributed by atoms with Gasteiger partial charge in [-0.3, -0.25) is 14.3 Å². The third-order valence-corrected chi connectivity index (χ3v) is 3.40. The Bertz CT molecular complexity index is 607. The van der Waals surface area contributed by atoms with E-state index in [2.05, 4.69) is 15.7 Å². The summed E-state index contributed by atoms with van der Waals surface area (Å²) in [6, 6.07) is -0.959. The number of amides is 2. The molecular weight excluding hydrogens is 312 g/mol. The van der Waals surface area contributed by atoms with E-state index < -0.39 is 23.8 Å². The van der Waals surface area contributed by atoms with Gasteiger partial charge < -0.3 is 15.7 Å². The van der Waals surface area contributed by atoms with E-state index in [1.807, 2.05) is 27.7 Å². The van der Waals surface area contributed by atoms with Gasteiger partial charge in [0.2, 0.25) is 5.91 Å². The van der Waals surface area contributed by atoms with Gasteiger partial charge in [0.15, 0.2) is 0 Å². The van der Waals surface area contributed by atoms with E-state index in [1.54, 1.807) is 17.9 Å². The number of carbonyl (C=O) groups excluding carboxylic acids is 2. The number of carbonyl (C=O) groups is 3. The second-order valence-corrected chi connectivity index (χ2v) is 6.53. The van der Waals surface area contributed by atoms with Crippen LogP contribution in [0.4, 0.5) is 0 Å². The first kappa shape index (κ1) is 19.7. The van der Waals surface area contributed by atoms with Gasteiger partial charge in [-0.2, -0.15) is 5.10 Å². The fraction of sp³-hybridized carbons (Fsp3) is 0.625. The Labute approximate surface area is 141 Å². The van der Waals surface area contributed by atoms with Crippen molar-refractivity contribution in [1.29, 1.82) is 0 Å². The number of nitrogens with one attached hydrogen (secondary N) is 2. The van der Waals surface area contributed by atoms with Crippen molar-refractivity contribution in [2.24, 2.45) is 13.0 Å². The van der Waals surface area contributed by atoms with Crippen molar-refractivity contribution in [2.75, 3.05) is 6.54 Å². The Morgan fingerprint density at radius 2 is 1.88 bits per heavy atom. The van der Waals surface area contributed by atoms with Crippen LogP contribution in [0.2, 0.25) is 0 Å². The highest BCUT2D eigenvalue weighted by atomic mass is 16.4. The lowest BCUT2D eigenvalue weighted by atomic mass is 10.0. The Kier molecular flexibility index (Phi) is 6.94. The number of aryl methyl sites for hydroxylation is 1. The standard InChI is InChI=1S/C16H26N4O4/c1-9(2)6-12(16(23)24)18-13(21)7-17-15(22)11-8-20(5)19-14(11)10(3)4/h8-10,12H,6-7H2,1-5H3,(H,17,22)(H,18,21)(H,23,24)/t12-/m0/s1. The Balaban J connectivity index is 2.63. The first-order valence-electron chi connectivity index (χ1n) is 7.95. The van der Waals surface area contributed by atoms with Gasteiger partial charge in [-0.15, -0.1) is 0 Å². The van der Waals surface area contributed by atoms with Crippen molar-refractivity contribution >= 4 is 17.8 Å². The number of nitrogens with zero attached hydrogens (tertiary/aromatic N) is 2. The summed E-state index contributed by atoms with van der Waals surface area (Å²) in [5.74, 6) is -1.82. The largest absolute Gasteiger partial charge is 0.480 e. The zero-order valence-electron chi connectivity index (χ0n) is 14.8. The van der Waals surface area contributed by atoms with Gasteiger partial charge in [-0.05, 0) is 18.3 Å². The molecule has 1 aromatic heterocycles. The molecule has 0 saturated heterocycles. The van der Waals surface area contributed by atoms with Crippen LogP contribution >= 0.6 is 0 Å². The van der Waals surface area contributed by atoms with Crippen molar-refractivity contribution in [3.8, 4) is 0 Å². The van der Waals surface area contributed by atoms with Crippen LogP contribution in [0.5, 0.6) is 0 Å². The highest BCUT2D eigenvalue weighted by Crippen LogP contribution is 2.16. The molecule has 0 spiro atoms. The molecule has 0 radical (unpaired) electrons. The highest BCUT2D eigenvalue weighted by molar-refractivity contribution is 5.97. The quantitative estimate of drug-likeness (QED) is 0.651. The van der Waals surface area contributed by atoms with Gasteiger partial charge >= 0.3 is 5.97 Å². The van der Waals surface area contributed by atoms with Gasteiger partial charge in [0.25, 0.3) is 5.91 Å². The number of hydrogen-bond acceptors (Lipinski definition) is 4. The molecule has 8 heteroatoms. The van der Waals surface area contributed by atoms with Crippen LogP contribution in [-0.4, -0.2) is 45.3 Å². The van der Waals surface area contributed by atoms with Crippen LogP contribution in [0.25, 0.3) is 0 Å². The lowest BCUT2D eigenvalue weighted by Crippen LogP contribution is -2.46. The van der Waals surface area contributed by atoms with Gasteiger partial charge in [-0.1, -0.05) is 27.7 Å². The zero-order valence-corrected chi connectivity index (χ0v) is 14.8. The van der Waals surface area contributed by atoms with Crippen molar-refractivity contribution in [2.45, 2.75) is 46.1 Å². The number of aromatic nitrogens is 2. The molecule has 0 unspecified atom stereocenters. The number of rotatable bonds is 8. The molecule has 3 N–H and O–H groups in total. The summed E-state index contributed by atoms with van der Waals surface area (Å²) in [6.07, 6.45) is 1.93. The molecule has 1 aromatic rings. The topological polar surface area (TPSA) is 113 Å². The molecule has 0 saturated carbocycles. The zero-order chi connectivity index (χ0) is 18.4. The van der Waals surface area contributed by atoms with Gasteiger partial charge in [0, 0.05) is 13.2 Å². The SMILES string of the molecule is CC(C)C[C@H](NC(=O)CNC(=O)c1cn(C)nc1C(C)C)C(=O)O. The van der Waals surface area contributed by atoms with E-state index in [0.29, 0.717) is 17.7 Å². The maximum Gasteiger partial charge on any atom is 0.326 e. The van der Waals surface area contributed by atoms with E-state index >= 15 is 0 Å². The third kappa shape index (κ3) is 5.68. The summed E-state index contributed by atoms with van der Waals surface area (Å²) >= 11 is 0.